The second-order valence-corrected chi connectivity index (χ2v) is 3.01. The summed E-state index contributed by atoms with van der Waals surface area (Å²) in [5.41, 5.74) is 7.37. The van der Waals surface area contributed by atoms with Gasteiger partial charge in [0.05, 0.1) is 5.69 Å². The largest absolute Gasteiger partial charge is 0.397 e. The first-order valence-electron chi connectivity index (χ1n) is 3.15. The van der Waals surface area contributed by atoms with E-state index in [-0.39, 0.29) is 0 Å². The monoisotopic (exact) mass is 211 g/mol. The van der Waals surface area contributed by atoms with E-state index in [1.54, 1.807) is 6.33 Å². The number of nitrogens with zero attached hydrogens (tertiary/aromatic N) is 2. The quantitative estimate of drug-likeness (QED) is 0.721. The van der Waals surface area contributed by atoms with Crippen molar-refractivity contribution in [3.05, 3.63) is 29.3 Å². The highest BCUT2D eigenvalue weighted by atomic mass is 79.9. The van der Waals surface area contributed by atoms with Gasteiger partial charge in [-0.15, -0.1) is 0 Å². The molecule has 0 aliphatic rings. The van der Waals surface area contributed by atoms with E-state index in [2.05, 4.69) is 20.9 Å². The minimum absolute atomic E-state index is 0.733. The fourth-order valence-electron chi connectivity index (χ4n) is 1.04. The summed E-state index contributed by atoms with van der Waals surface area (Å²) in [4.78, 5) is 4.06. The Morgan fingerprint density at radius 1 is 1.55 bits per heavy atom. The van der Waals surface area contributed by atoms with Crippen LogP contribution in [0.15, 0.2) is 29.3 Å². The summed E-state index contributed by atoms with van der Waals surface area (Å²) in [6.45, 7) is 0. The Morgan fingerprint density at radius 2 is 2.36 bits per heavy atom. The van der Waals surface area contributed by atoms with Crippen LogP contribution in [-0.4, -0.2) is 9.38 Å². The van der Waals surface area contributed by atoms with Gasteiger partial charge in [0.15, 0.2) is 0 Å². The molecule has 0 amide bonds. The third kappa shape index (κ3) is 0.903. The van der Waals surface area contributed by atoms with Crippen LogP contribution in [0.2, 0.25) is 0 Å². The van der Waals surface area contributed by atoms with Crippen LogP contribution in [0, 0.1) is 0 Å². The molecule has 0 saturated heterocycles. The molecule has 56 valence electrons. The fourth-order valence-corrected chi connectivity index (χ4v) is 1.56. The second kappa shape index (κ2) is 2.23. The lowest BCUT2D eigenvalue weighted by molar-refractivity contribution is 1.15. The number of imidazole rings is 1. The normalized spacial score (nSPS) is 10.6. The van der Waals surface area contributed by atoms with Gasteiger partial charge in [-0.1, -0.05) is 0 Å². The molecule has 0 fully saturated rings. The molecular weight excluding hydrogens is 206 g/mol. The van der Waals surface area contributed by atoms with Gasteiger partial charge in [-0.25, -0.2) is 4.98 Å². The molecule has 0 aliphatic heterocycles. The standard InChI is InChI=1S/C7H6BrN3/c8-7-6-5(9)2-1-3-11(6)4-10-7/h1-4H,9H2. The molecule has 2 aromatic heterocycles. The summed E-state index contributed by atoms with van der Waals surface area (Å²) in [7, 11) is 0. The molecule has 0 bridgehead atoms. The van der Waals surface area contributed by atoms with Gasteiger partial charge in [-0.3, -0.25) is 0 Å². The molecule has 0 atom stereocenters. The van der Waals surface area contributed by atoms with Crippen LogP contribution >= 0.6 is 15.9 Å². The van der Waals surface area contributed by atoms with Gasteiger partial charge < -0.3 is 10.1 Å². The highest BCUT2D eigenvalue weighted by Gasteiger charge is 2.02. The third-order valence-electron chi connectivity index (χ3n) is 1.54. The molecule has 0 aromatic carbocycles. The summed E-state index contributed by atoms with van der Waals surface area (Å²) >= 11 is 3.31. The average Bonchev–Trinajstić information content (AvgIpc) is 2.34. The molecule has 0 aliphatic carbocycles. The van der Waals surface area contributed by atoms with Crippen molar-refractivity contribution < 1.29 is 0 Å². The molecule has 2 N–H and O–H groups in total. The molecule has 2 aromatic rings. The van der Waals surface area contributed by atoms with Crippen molar-refractivity contribution in [1.29, 1.82) is 0 Å². The molecule has 2 heterocycles. The van der Waals surface area contributed by atoms with Crippen molar-refractivity contribution in [1.82, 2.24) is 9.38 Å². The van der Waals surface area contributed by atoms with E-state index >= 15 is 0 Å². The molecule has 0 radical (unpaired) electrons. The summed E-state index contributed by atoms with van der Waals surface area (Å²) in [6.07, 6.45) is 3.62. The van der Waals surface area contributed by atoms with Gasteiger partial charge in [0.2, 0.25) is 0 Å². The fraction of sp³-hybridized carbons (Fsp3) is 0. The number of anilines is 1. The van der Waals surface area contributed by atoms with Crippen molar-refractivity contribution >= 4 is 27.1 Å². The number of nitrogen functional groups attached to an aromatic ring is 1. The number of halogens is 1. The first kappa shape index (κ1) is 6.67. The van der Waals surface area contributed by atoms with Gasteiger partial charge in [0.1, 0.15) is 16.4 Å². The van der Waals surface area contributed by atoms with Crippen molar-refractivity contribution in [3.63, 3.8) is 0 Å². The van der Waals surface area contributed by atoms with Crippen molar-refractivity contribution in [2.24, 2.45) is 0 Å². The zero-order valence-corrected chi connectivity index (χ0v) is 7.25. The maximum absolute atomic E-state index is 5.71. The highest BCUT2D eigenvalue weighted by Crippen LogP contribution is 2.21. The zero-order valence-electron chi connectivity index (χ0n) is 5.66. The van der Waals surface area contributed by atoms with E-state index in [4.69, 9.17) is 5.73 Å². The van der Waals surface area contributed by atoms with Gasteiger partial charge >= 0.3 is 0 Å². The average molecular weight is 212 g/mol. The van der Waals surface area contributed by atoms with Crippen LogP contribution in [0.4, 0.5) is 5.69 Å². The number of aromatic nitrogens is 2. The summed E-state index contributed by atoms with van der Waals surface area (Å²) in [6, 6.07) is 3.73. The molecule has 11 heavy (non-hydrogen) atoms. The lowest BCUT2D eigenvalue weighted by Gasteiger charge is -1.96. The Labute approximate surface area is 72.0 Å². The molecule has 0 spiro atoms. The van der Waals surface area contributed by atoms with Crippen LogP contribution < -0.4 is 5.73 Å². The summed E-state index contributed by atoms with van der Waals surface area (Å²) in [5, 5.41) is 0. The molecular formula is C7H6BrN3. The molecule has 4 heteroatoms. The molecule has 2 rings (SSSR count). The predicted molar refractivity (Wildman–Crippen MR) is 47.3 cm³/mol. The van der Waals surface area contributed by atoms with E-state index in [1.807, 2.05) is 22.7 Å². The molecule has 0 saturated carbocycles. The number of hydrogen-bond acceptors (Lipinski definition) is 2. The predicted octanol–water partition coefficient (Wildman–Crippen LogP) is 1.68. The van der Waals surface area contributed by atoms with E-state index in [0.29, 0.717) is 0 Å². The van der Waals surface area contributed by atoms with Crippen molar-refractivity contribution in [3.8, 4) is 0 Å². The number of rotatable bonds is 0. The Hall–Kier alpha value is -1.03. The number of nitrogens with two attached hydrogens (primary N) is 1. The Bertz CT molecular complexity index is 393. The number of hydrogen-bond donors (Lipinski definition) is 1. The first-order chi connectivity index (χ1) is 5.29. The van der Waals surface area contributed by atoms with Crippen LogP contribution in [0.25, 0.3) is 5.52 Å². The number of fused-ring (bicyclic) bond motifs is 1. The van der Waals surface area contributed by atoms with Crippen LogP contribution in [0.5, 0.6) is 0 Å². The number of pyridine rings is 1. The maximum atomic E-state index is 5.71. The van der Waals surface area contributed by atoms with Crippen molar-refractivity contribution in [2.75, 3.05) is 5.73 Å². The molecule has 0 unspecified atom stereocenters. The molecule has 3 nitrogen and oxygen atoms in total. The SMILES string of the molecule is Nc1cccn2cnc(Br)c12. The van der Waals surface area contributed by atoms with Crippen LogP contribution in [0.1, 0.15) is 0 Å². The topological polar surface area (TPSA) is 43.3 Å². The van der Waals surface area contributed by atoms with Crippen LogP contribution in [-0.2, 0) is 0 Å². The lowest BCUT2D eigenvalue weighted by Crippen LogP contribution is -1.89. The Morgan fingerprint density at radius 3 is 3.09 bits per heavy atom. The minimum Gasteiger partial charge on any atom is -0.397 e. The maximum Gasteiger partial charge on any atom is 0.133 e. The highest BCUT2D eigenvalue weighted by molar-refractivity contribution is 9.10. The van der Waals surface area contributed by atoms with Gasteiger partial charge in [0, 0.05) is 6.20 Å². The summed E-state index contributed by atoms with van der Waals surface area (Å²) in [5.74, 6) is 0. The van der Waals surface area contributed by atoms with E-state index in [1.165, 1.54) is 0 Å². The Balaban J connectivity index is 2.96. The lowest BCUT2D eigenvalue weighted by atomic mass is 10.4. The van der Waals surface area contributed by atoms with E-state index < -0.39 is 0 Å². The van der Waals surface area contributed by atoms with Gasteiger partial charge in [0.25, 0.3) is 0 Å². The van der Waals surface area contributed by atoms with Crippen molar-refractivity contribution in [2.45, 2.75) is 0 Å². The minimum atomic E-state index is 0.733. The first-order valence-corrected chi connectivity index (χ1v) is 3.95. The smallest absolute Gasteiger partial charge is 0.133 e. The van der Waals surface area contributed by atoms with Crippen LogP contribution in [0.3, 0.4) is 0 Å². The summed E-state index contributed by atoms with van der Waals surface area (Å²) < 4.78 is 2.66. The Kier molecular flexibility index (Phi) is 1.35. The zero-order chi connectivity index (χ0) is 7.84. The second-order valence-electron chi connectivity index (χ2n) is 2.25. The van der Waals surface area contributed by atoms with E-state index in [0.717, 1.165) is 15.8 Å². The van der Waals surface area contributed by atoms with Gasteiger partial charge in [-0.2, -0.15) is 0 Å². The van der Waals surface area contributed by atoms with E-state index in [9.17, 15) is 0 Å². The van der Waals surface area contributed by atoms with Gasteiger partial charge in [-0.05, 0) is 28.1 Å². The third-order valence-corrected chi connectivity index (χ3v) is 2.13.